The summed E-state index contributed by atoms with van der Waals surface area (Å²) in [6, 6.07) is 2.15. The number of carbonyl (C=O) groups excluding carboxylic acids is 1. The molecule has 21 heavy (non-hydrogen) atoms. The van der Waals surface area contributed by atoms with Gasteiger partial charge in [-0.2, -0.15) is 13.2 Å². The van der Waals surface area contributed by atoms with Crippen molar-refractivity contribution in [3.05, 3.63) is 35.1 Å². The maximum absolute atomic E-state index is 13.1. The van der Waals surface area contributed by atoms with Crippen LogP contribution in [0.5, 0.6) is 0 Å². The van der Waals surface area contributed by atoms with Gasteiger partial charge in [0.2, 0.25) is 0 Å². The Labute approximate surface area is 120 Å². The van der Waals surface area contributed by atoms with Gasteiger partial charge < -0.3 is 4.74 Å². The van der Waals surface area contributed by atoms with E-state index in [-0.39, 0.29) is 18.1 Å². The van der Waals surface area contributed by atoms with Crippen LogP contribution in [0.1, 0.15) is 48.0 Å². The molecule has 0 spiro atoms. The van der Waals surface area contributed by atoms with Gasteiger partial charge in [0.25, 0.3) is 0 Å². The lowest BCUT2D eigenvalue weighted by Crippen LogP contribution is -2.17. The van der Waals surface area contributed by atoms with E-state index in [4.69, 9.17) is 4.74 Å². The van der Waals surface area contributed by atoms with Gasteiger partial charge in [0, 0.05) is 0 Å². The van der Waals surface area contributed by atoms with E-state index in [9.17, 15) is 22.4 Å². The first-order chi connectivity index (χ1) is 9.88. The van der Waals surface area contributed by atoms with Crippen LogP contribution in [0, 0.1) is 11.7 Å². The Morgan fingerprint density at radius 1 is 1.19 bits per heavy atom. The Hall–Kier alpha value is -1.59. The summed E-state index contributed by atoms with van der Waals surface area (Å²) in [5, 5.41) is 0. The Balaban J connectivity index is 2.02. The molecule has 6 heteroatoms. The third-order valence-corrected chi connectivity index (χ3v) is 3.68. The lowest BCUT2D eigenvalue weighted by molar-refractivity contribution is -0.140. The normalized spacial score (nSPS) is 16.8. The number of esters is 1. The van der Waals surface area contributed by atoms with Crippen molar-refractivity contribution in [2.45, 2.75) is 38.3 Å². The molecule has 1 aromatic rings. The molecule has 1 aliphatic rings. The number of rotatable bonds is 3. The van der Waals surface area contributed by atoms with Gasteiger partial charge in [0.05, 0.1) is 17.7 Å². The van der Waals surface area contributed by atoms with Crippen molar-refractivity contribution in [2.24, 2.45) is 5.92 Å². The molecule has 2 rings (SSSR count). The molecular formula is C15H16F4O2. The highest BCUT2D eigenvalue weighted by atomic mass is 19.4. The quantitative estimate of drug-likeness (QED) is 0.603. The summed E-state index contributed by atoms with van der Waals surface area (Å²) in [7, 11) is 0. The van der Waals surface area contributed by atoms with E-state index >= 15 is 0 Å². The molecule has 0 N–H and O–H groups in total. The molecule has 1 aromatic carbocycles. The first-order valence-electron chi connectivity index (χ1n) is 6.92. The fourth-order valence-electron chi connectivity index (χ4n) is 2.50. The van der Waals surface area contributed by atoms with E-state index in [0.717, 1.165) is 38.2 Å². The molecule has 1 saturated carbocycles. The second-order valence-corrected chi connectivity index (χ2v) is 5.29. The monoisotopic (exact) mass is 304 g/mol. The van der Waals surface area contributed by atoms with Crippen LogP contribution < -0.4 is 0 Å². The largest absolute Gasteiger partial charge is 0.462 e. The van der Waals surface area contributed by atoms with Crippen molar-refractivity contribution in [3.8, 4) is 0 Å². The molecular weight excluding hydrogens is 288 g/mol. The molecule has 0 heterocycles. The van der Waals surface area contributed by atoms with Gasteiger partial charge in [-0.25, -0.2) is 9.18 Å². The van der Waals surface area contributed by atoms with Gasteiger partial charge in [-0.15, -0.1) is 0 Å². The highest BCUT2D eigenvalue weighted by Crippen LogP contribution is 2.32. The minimum Gasteiger partial charge on any atom is -0.462 e. The van der Waals surface area contributed by atoms with Crippen molar-refractivity contribution < 1.29 is 27.1 Å². The van der Waals surface area contributed by atoms with Crippen molar-refractivity contribution in [1.29, 1.82) is 0 Å². The van der Waals surface area contributed by atoms with Crippen LogP contribution >= 0.6 is 0 Å². The highest BCUT2D eigenvalue weighted by molar-refractivity contribution is 5.89. The molecule has 1 aliphatic carbocycles. The van der Waals surface area contributed by atoms with E-state index in [0.29, 0.717) is 12.1 Å². The van der Waals surface area contributed by atoms with Crippen LogP contribution in [0.2, 0.25) is 0 Å². The van der Waals surface area contributed by atoms with Gasteiger partial charge in [-0.1, -0.05) is 19.3 Å². The SMILES string of the molecule is O=C(OCC1CCCCC1)c1ccc(F)c(C(F)(F)F)c1. The number of carbonyl (C=O) groups is 1. The van der Waals surface area contributed by atoms with Crippen molar-refractivity contribution in [3.63, 3.8) is 0 Å². The van der Waals surface area contributed by atoms with Crippen LogP contribution in [0.4, 0.5) is 17.6 Å². The average molecular weight is 304 g/mol. The van der Waals surface area contributed by atoms with Gasteiger partial charge >= 0.3 is 12.1 Å². The first-order valence-corrected chi connectivity index (χ1v) is 6.92. The molecule has 2 nitrogen and oxygen atoms in total. The minimum absolute atomic E-state index is 0.206. The molecule has 0 bridgehead atoms. The third-order valence-electron chi connectivity index (χ3n) is 3.68. The summed E-state index contributed by atoms with van der Waals surface area (Å²) in [5.74, 6) is -1.97. The molecule has 0 amide bonds. The Kier molecular flexibility index (Phi) is 4.85. The van der Waals surface area contributed by atoms with Crippen LogP contribution in [0.25, 0.3) is 0 Å². The number of benzene rings is 1. The summed E-state index contributed by atoms with van der Waals surface area (Å²) in [6.07, 6.45) is 0.421. The van der Waals surface area contributed by atoms with E-state index in [1.54, 1.807) is 0 Å². The molecule has 0 unspecified atom stereocenters. The second-order valence-electron chi connectivity index (χ2n) is 5.29. The first kappa shape index (κ1) is 15.8. The molecule has 0 aliphatic heterocycles. The zero-order valence-corrected chi connectivity index (χ0v) is 11.4. The zero-order chi connectivity index (χ0) is 15.5. The van der Waals surface area contributed by atoms with Gasteiger partial charge in [-0.05, 0) is 37.0 Å². The lowest BCUT2D eigenvalue weighted by atomic mass is 9.90. The molecule has 0 aromatic heterocycles. The number of hydrogen-bond donors (Lipinski definition) is 0. The molecule has 0 saturated heterocycles. The lowest BCUT2D eigenvalue weighted by Gasteiger charge is -2.21. The van der Waals surface area contributed by atoms with Crippen LogP contribution in [-0.4, -0.2) is 12.6 Å². The minimum atomic E-state index is -4.83. The van der Waals surface area contributed by atoms with Crippen LogP contribution in [-0.2, 0) is 10.9 Å². The summed E-state index contributed by atoms with van der Waals surface area (Å²) < 4.78 is 55.9. The van der Waals surface area contributed by atoms with Crippen LogP contribution in [0.3, 0.4) is 0 Å². The maximum Gasteiger partial charge on any atom is 0.419 e. The topological polar surface area (TPSA) is 26.3 Å². The molecule has 0 atom stereocenters. The zero-order valence-electron chi connectivity index (χ0n) is 11.4. The van der Waals surface area contributed by atoms with E-state index in [1.165, 1.54) is 0 Å². The fourth-order valence-corrected chi connectivity index (χ4v) is 2.50. The predicted octanol–water partition coefficient (Wildman–Crippen LogP) is 4.58. The maximum atomic E-state index is 13.1. The highest BCUT2D eigenvalue weighted by Gasteiger charge is 2.34. The number of halogens is 4. The summed E-state index contributed by atoms with van der Waals surface area (Å²) in [5.41, 5.74) is -1.73. The van der Waals surface area contributed by atoms with Gasteiger partial charge in [-0.3, -0.25) is 0 Å². The Bertz CT molecular complexity index is 505. The van der Waals surface area contributed by atoms with Crippen LogP contribution in [0.15, 0.2) is 18.2 Å². The number of ether oxygens (including phenoxy) is 1. The van der Waals surface area contributed by atoms with Crippen molar-refractivity contribution in [2.75, 3.05) is 6.61 Å². The summed E-state index contributed by atoms with van der Waals surface area (Å²) in [4.78, 5) is 11.8. The summed E-state index contributed by atoms with van der Waals surface area (Å²) in [6.45, 7) is 0.206. The summed E-state index contributed by atoms with van der Waals surface area (Å²) >= 11 is 0. The second kappa shape index (κ2) is 6.45. The fraction of sp³-hybridized carbons (Fsp3) is 0.533. The van der Waals surface area contributed by atoms with Crippen molar-refractivity contribution in [1.82, 2.24) is 0 Å². The Morgan fingerprint density at radius 2 is 1.86 bits per heavy atom. The average Bonchev–Trinajstić information content (AvgIpc) is 2.45. The molecule has 116 valence electrons. The van der Waals surface area contributed by atoms with E-state index in [2.05, 4.69) is 0 Å². The predicted molar refractivity (Wildman–Crippen MR) is 68.3 cm³/mol. The molecule has 1 fully saturated rings. The van der Waals surface area contributed by atoms with Crippen molar-refractivity contribution >= 4 is 5.97 Å². The van der Waals surface area contributed by atoms with E-state index in [1.807, 2.05) is 0 Å². The van der Waals surface area contributed by atoms with Gasteiger partial charge in [0.15, 0.2) is 0 Å². The third kappa shape index (κ3) is 4.19. The van der Waals surface area contributed by atoms with E-state index < -0.39 is 23.5 Å². The Morgan fingerprint density at radius 3 is 2.48 bits per heavy atom. The number of hydrogen-bond acceptors (Lipinski definition) is 2. The standard InChI is InChI=1S/C15H16F4O2/c16-13-7-6-11(8-12(13)15(17,18)19)14(20)21-9-10-4-2-1-3-5-10/h6-8,10H,1-5,9H2. The smallest absolute Gasteiger partial charge is 0.419 e. The van der Waals surface area contributed by atoms with Gasteiger partial charge in [0.1, 0.15) is 5.82 Å². The number of alkyl halides is 3. The molecule has 0 radical (unpaired) electrons.